The first-order valence-corrected chi connectivity index (χ1v) is 11.3. The Hall–Kier alpha value is -2.81. The maximum atomic E-state index is 13.7. The molecule has 30 heavy (non-hydrogen) atoms. The molecule has 2 aromatic rings. The predicted octanol–water partition coefficient (Wildman–Crippen LogP) is 3.41. The first kappa shape index (κ1) is 20.5. The minimum atomic E-state index is -4.14. The SMILES string of the molecule is COc1ccc(F)cc1S(=O)(=O)Nc1ccc2c(c1)C(=O)N1CCCC[C@H]1CCO2. The van der Waals surface area contributed by atoms with Crippen LogP contribution in [0.25, 0.3) is 0 Å². The number of sulfonamides is 1. The maximum Gasteiger partial charge on any atom is 0.265 e. The van der Waals surface area contributed by atoms with Gasteiger partial charge in [-0.2, -0.15) is 0 Å². The van der Waals surface area contributed by atoms with E-state index in [1.54, 1.807) is 6.07 Å². The van der Waals surface area contributed by atoms with Crippen molar-refractivity contribution in [3.05, 3.63) is 47.8 Å². The fourth-order valence-electron chi connectivity index (χ4n) is 3.98. The van der Waals surface area contributed by atoms with E-state index in [9.17, 15) is 17.6 Å². The zero-order chi connectivity index (χ0) is 21.3. The summed E-state index contributed by atoms with van der Waals surface area (Å²) in [5, 5.41) is 0. The third kappa shape index (κ3) is 3.94. The van der Waals surface area contributed by atoms with E-state index in [-0.39, 0.29) is 28.3 Å². The van der Waals surface area contributed by atoms with Crippen LogP contribution in [0.5, 0.6) is 11.5 Å². The van der Waals surface area contributed by atoms with Crippen molar-refractivity contribution < 1.29 is 27.1 Å². The molecular formula is C21H23FN2O5S. The lowest BCUT2D eigenvalue weighted by molar-refractivity contribution is 0.0548. The van der Waals surface area contributed by atoms with Crippen LogP contribution in [0.4, 0.5) is 10.1 Å². The van der Waals surface area contributed by atoms with Crippen molar-refractivity contribution in [1.82, 2.24) is 4.90 Å². The van der Waals surface area contributed by atoms with Crippen molar-refractivity contribution in [3.63, 3.8) is 0 Å². The van der Waals surface area contributed by atoms with Gasteiger partial charge >= 0.3 is 0 Å². The predicted molar refractivity (Wildman–Crippen MR) is 109 cm³/mol. The Balaban J connectivity index is 1.67. The lowest BCUT2D eigenvalue weighted by Crippen LogP contribution is -2.45. The van der Waals surface area contributed by atoms with Gasteiger partial charge in [0.15, 0.2) is 0 Å². The van der Waals surface area contributed by atoms with E-state index in [1.807, 2.05) is 4.90 Å². The second kappa shape index (κ2) is 8.14. The minimum absolute atomic E-state index is 0.0192. The van der Waals surface area contributed by atoms with Gasteiger partial charge in [-0.3, -0.25) is 9.52 Å². The molecular weight excluding hydrogens is 411 g/mol. The standard InChI is InChI=1S/C21H23FN2O5S/c1-28-19-7-5-14(22)12-20(19)30(26,27)23-15-6-8-18-17(13-15)21(25)24-10-3-2-4-16(24)9-11-29-18/h5-8,12-13,16,23H,2-4,9-11H2,1H3/t16-/m0/s1. The van der Waals surface area contributed by atoms with Crippen LogP contribution >= 0.6 is 0 Å². The number of fused-ring (bicyclic) bond motifs is 2. The highest BCUT2D eigenvalue weighted by molar-refractivity contribution is 7.92. The number of hydrogen-bond donors (Lipinski definition) is 1. The number of ether oxygens (including phenoxy) is 2. The third-order valence-corrected chi connectivity index (χ3v) is 6.88. The number of nitrogens with one attached hydrogen (secondary N) is 1. The van der Waals surface area contributed by atoms with Gasteiger partial charge in [0.2, 0.25) is 0 Å². The molecule has 2 aromatic carbocycles. The van der Waals surface area contributed by atoms with Crippen molar-refractivity contribution >= 4 is 21.6 Å². The Morgan fingerprint density at radius 2 is 2.00 bits per heavy atom. The second-order valence-electron chi connectivity index (χ2n) is 7.40. The average Bonchev–Trinajstić information content (AvgIpc) is 2.73. The fraction of sp³-hybridized carbons (Fsp3) is 0.381. The molecule has 160 valence electrons. The molecule has 1 atom stereocenters. The molecule has 2 aliphatic rings. The largest absolute Gasteiger partial charge is 0.495 e. The van der Waals surface area contributed by atoms with E-state index in [0.717, 1.165) is 37.8 Å². The molecule has 0 radical (unpaired) electrons. The Morgan fingerprint density at radius 3 is 2.80 bits per heavy atom. The average molecular weight is 434 g/mol. The van der Waals surface area contributed by atoms with Crippen LogP contribution in [0, 0.1) is 5.82 Å². The Morgan fingerprint density at radius 1 is 1.17 bits per heavy atom. The summed E-state index contributed by atoms with van der Waals surface area (Å²) in [4.78, 5) is 14.7. The Bertz CT molecular complexity index is 1070. The molecule has 1 fully saturated rings. The molecule has 7 nitrogen and oxygen atoms in total. The molecule has 0 aromatic heterocycles. The van der Waals surface area contributed by atoms with Gasteiger partial charge in [-0.05, 0) is 55.7 Å². The molecule has 1 amide bonds. The number of amides is 1. The monoisotopic (exact) mass is 434 g/mol. The third-order valence-electron chi connectivity index (χ3n) is 5.47. The van der Waals surface area contributed by atoms with Crippen molar-refractivity contribution in [2.45, 2.75) is 36.6 Å². The van der Waals surface area contributed by atoms with E-state index in [0.29, 0.717) is 24.5 Å². The Kier molecular flexibility index (Phi) is 5.55. The van der Waals surface area contributed by atoms with Gasteiger partial charge in [0.1, 0.15) is 22.2 Å². The van der Waals surface area contributed by atoms with Crippen LogP contribution in [-0.2, 0) is 10.0 Å². The zero-order valence-electron chi connectivity index (χ0n) is 16.6. The van der Waals surface area contributed by atoms with Crippen LogP contribution in [0.15, 0.2) is 41.3 Å². The van der Waals surface area contributed by atoms with Crippen LogP contribution in [0.1, 0.15) is 36.0 Å². The van der Waals surface area contributed by atoms with Gasteiger partial charge in [0.25, 0.3) is 15.9 Å². The van der Waals surface area contributed by atoms with Gasteiger partial charge in [-0.25, -0.2) is 12.8 Å². The highest BCUT2D eigenvalue weighted by Gasteiger charge is 2.31. The van der Waals surface area contributed by atoms with E-state index in [4.69, 9.17) is 9.47 Å². The molecule has 0 bridgehead atoms. The molecule has 0 spiro atoms. The first-order valence-electron chi connectivity index (χ1n) is 9.83. The molecule has 0 aliphatic carbocycles. The Labute approximate surface area is 174 Å². The van der Waals surface area contributed by atoms with Crippen LogP contribution in [0.2, 0.25) is 0 Å². The fourth-order valence-corrected chi connectivity index (χ4v) is 5.22. The summed E-state index contributed by atoms with van der Waals surface area (Å²) in [6.45, 7) is 1.17. The highest BCUT2D eigenvalue weighted by Crippen LogP contribution is 2.32. The topological polar surface area (TPSA) is 84.9 Å². The number of methoxy groups -OCH3 is 1. The van der Waals surface area contributed by atoms with Crippen LogP contribution in [-0.4, -0.2) is 45.5 Å². The summed E-state index contributed by atoms with van der Waals surface area (Å²) < 4.78 is 52.6. The summed E-state index contributed by atoms with van der Waals surface area (Å²) in [5.74, 6) is -0.422. The molecule has 4 rings (SSSR count). The molecule has 0 unspecified atom stereocenters. The van der Waals surface area contributed by atoms with Crippen molar-refractivity contribution in [3.8, 4) is 11.5 Å². The summed E-state index contributed by atoms with van der Waals surface area (Å²) >= 11 is 0. The number of anilines is 1. The lowest BCUT2D eigenvalue weighted by Gasteiger charge is -2.37. The van der Waals surface area contributed by atoms with Gasteiger partial charge in [0.05, 0.1) is 19.3 Å². The van der Waals surface area contributed by atoms with Gasteiger partial charge in [0, 0.05) is 24.7 Å². The zero-order valence-corrected chi connectivity index (χ0v) is 17.4. The highest BCUT2D eigenvalue weighted by atomic mass is 32.2. The van der Waals surface area contributed by atoms with Crippen LogP contribution in [0.3, 0.4) is 0 Å². The number of hydrogen-bond acceptors (Lipinski definition) is 5. The summed E-state index contributed by atoms with van der Waals surface area (Å²) in [6.07, 6.45) is 3.75. The van der Waals surface area contributed by atoms with E-state index in [2.05, 4.69) is 4.72 Å². The molecule has 1 saturated heterocycles. The number of rotatable bonds is 4. The van der Waals surface area contributed by atoms with E-state index >= 15 is 0 Å². The number of carbonyl (C=O) groups excluding carboxylic acids is 1. The van der Waals surface area contributed by atoms with E-state index < -0.39 is 15.8 Å². The normalized spacial score (nSPS) is 19.1. The lowest BCUT2D eigenvalue weighted by atomic mass is 9.97. The van der Waals surface area contributed by atoms with Crippen LogP contribution < -0.4 is 14.2 Å². The second-order valence-corrected chi connectivity index (χ2v) is 9.05. The molecule has 2 heterocycles. The van der Waals surface area contributed by atoms with Gasteiger partial charge < -0.3 is 14.4 Å². The van der Waals surface area contributed by atoms with E-state index in [1.165, 1.54) is 25.3 Å². The molecule has 9 heteroatoms. The first-order chi connectivity index (χ1) is 14.4. The number of carbonyl (C=O) groups is 1. The van der Waals surface area contributed by atoms with Gasteiger partial charge in [-0.1, -0.05) is 0 Å². The number of piperidine rings is 1. The van der Waals surface area contributed by atoms with Gasteiger partial charge in [-0.15, -0.1) is 0 Å². The number of halogens is 1. The molecule has 0 saturated carbocycles. The smallest absolute Gasteiger partial charge is 0.265 e. The molecule has 1 N–H and O–H groups in total. The van der Waals surface area contributed by atoms with Crippen molar-refractivity contribution in [1.29, 1.82) is 0 Å². The minimum Gasteiger partial charge on any atom is -0.495 e. The number of benzene rings is 2. The number of nitrogens with zero attached hydrogens (tertiary/aromatic N) is 1. The van der Waals surface area contributed by atoms with Crippen molar-refractivity contribution in [2.75, 3.05) is 25.0 Å². The molecule has 2 aliphatic heterocycles. The summed E-state index contributed by atoms with van der Waals surface area (Å²) in [7, 11) is -2.83. The quantitative estimate of drug-likeness (QED) is 0.797. The maximum absolute atomic E-state index is 13.7. The summed E-state index contributed by atoms with van der Waals surface area (Å²) in [5.41, 5.74) is 0.499. The summed E-state index contributed by atoms with van der Waals surface area (Å²) in [6, 6.07) is 7.96. The van der Waals surface area contributed by atoms with Crippen molar-refractivity contribution in [2.24, 2.45) is 0 Å².